The van der Waals surface area contributed by atoms with Crippen LogP contribution in [0.25, 0.3) is 0 Å². The highest BCUT2D eigenvalue weighted by atomic mass is 16.8. The Morgan fingerprint density at radius 2 is 0.877 bits per heavy atom. The number of nitro benzene ring substituents is 1. The van der Waals surface area contributed by atoms with Crippen LogP contribution in [0.4, 0.5) is 5.69 Å². The topological polar surface area (TPSA) is 315 Å². The molecule has 2 aliphatic heterocycles. The summed E-state index contributed by atoms with van der Waals surface area (Å²) in [6, 6.07) is 4.44. The number of non-ortho nitro benzene ring substituents is 1. The Balaban J connectivity index is 2.22. The van der Waals surface area contributed by atoms with Crippen LogP contribution in [0.15, 0.2) is 24.3 Å². The van der Waals surface area contributed by atoms with Crippen LogP contribution in [-0.2, 0) is 95.3 Å². The minimum Gasteiger partial charge on any atom is -0.463 e. The van der Waals surface area contributed by atoms with E-state index in [0.29, 0.717) is 0 Å². The zero-order chi connectivity index (χ0) is 48.5. The van der Waals surface area contributed by atoms with Crippen LogP contribution in [0.1, 0.15) is 87.0 Å². The number of ketones is 3. The van der Waals surface area contributed by atoms with Crippen LogP contribution < -0.4 is 4.74 Å². The Hall–Kier alpha value is -6.40. The van der Waals surface area contributed by atoms with Gasteiger partial charge in [-0.15, -0.1) is 0 Å². The molecule has 0 bridgehead atoms. The number of nitro groups is 1. The number of nitrogens with zero attached hydrogens (tertiary/aromatic N) is 1. The Morgan fingerprint density at radius 1 is 0.492 bits per heavy atom. The maximum Gasteiger partial charge on any atom is 0.306 e. The number of hydrogen-bond donors (Lipinski definition) is 0. The largest absolute Gasteiger partial charge is 0.463 e. The molecule has 2 fully saturated rings. The Bertz CT molecular complexity index is 1930. The SMILES string of the molecule is CC(=O)CCC(=O)OC1C(OC(=O)CCC(C)=O)[C@H](OC(=O)CCC(C)=O)C(CO[C@H]2OC(COC(C)=O)[C@@H](OC(C)=O)C(OC(C)=O)C2OC(C)=O)O[C@@H]1Oc1ccc([N+](=O)[O-])cc1. The Morgan fingerprint density at radius 3 is 1.34 bits per heavy atom. The molecule has 3 rings (SSSR count). The van der Waals surface area contributed by atoms with E-state index in [4.69, 9.17) is 52.1 Å². The van der Waals surface area contributed by atoms with E-state index in [1.54, 1.807) is 0 Å². The van der Waals surface area contributed by atoms with Gasteiger partial charge in [-0.2, -0.15) is 0 Å². The van der Waals surface area contributed by atoms with Crippen molar-refractivity contribution in [2.75, 3.05) is 13.2 Å². The number of esters is 7. The van der Waals surface area contributed by atoms with Crippen LogP contribution in [0, 0.1) is 10.1 Å². The van der Waals surface area contributed by atoms with Crippen LogP contribution >= 0.6 is 0 Å². The van der Waals surface area contributed by atoms with E-state index >= 15 is 0 Å². The maximum atomic E-state index is 13.4. The van der Waals surface area contributed by atoms with Crippen molar-refractivity contribution in [2.45, 2.75) is 148 Å². The summed E-state index contributed by atoms with van der Waals surface area (Å²) in [4.78, 5) is 135. The van der Waals surface area contributed by atoms with Gasteiger partial charge in [-0.3, -0.25) is 43.7 Å². The summed E-state index contributed by atoms with van der Waals surface area (Å²) in [7, 11) is 0. The fourth-order valence-electron chi connectivity index (χ4n) is 6.27. The minimum atomic E-state index is -1.90. The van der Waals surface area contributed by atoms with E-state index in [1.165, 1.54) is 20.8 Å². The predicted molar refractivity (Wildman–Crippen MR) is 210 cm³/mol. The molecule has 0 aromatic heterocycles. The zero-order valence-electron chi connectivity index (χ0n) is 36.6. The van der Waals surface area contributed by atoms with E-state index < -0.39 is 158 Å². The summed E-state index contributed by atoms with van der Waals surface area (Å²) in [5, 5.41) is 11.4. The van der Waals surface area contributed by atoms with E-state index in [1.807, 2.05) is 0 Å². The molecule has 24 nitrogen and oxygen atoms in total. The summed E-state index contributed by atoms with van der Waals surface area (Å²) in [5.41, 5.74) is -0.347. The zero-order valence-corrected chi connectivity index (χ0v) is 36.6. The first-order valence-corrected chi connectivity index (χ1v) is 20.1. The molecule has 6 unspecified atom stereocenters. The monoisotopic (exact) mass is 925 g/mol. The molecule has 1 aromatic carbocycles. The first-order valence-electron chi connectivity index (χ1n) is 20.1. The van der Waals surface area contributed by atoms with Gasteiger partial charge in [-0.25, -0.2) is 0 Å². The molecular formula is C41H51NO23. The first kappa shape index (κ1) is 52.9. The van der Waals surface area contributed by atoms with Gasteiger partial charge in [0.05, 0.1) is 30.8 Å². The lowest BCUT2D eigenvalue weighted by molar-refractivity contribution is -0.384. The summed E-state index contributed by atoms with van der Waals surface area (Å²) < 4.78 is 63.0. The average Bonchev–Trinajstić information content (AvgIpc) is 3.20. The predicted octanol–water partition coefficient (Wildman–Crippen LogP) is 1.64. The third-order valence-electron chi connectivity index (χ3n) is 9.11. The van der Waals surface area contributed by atoms with Crippen molar-refractivity contribution in [3.63, 3.8) is 0 Å². The molecule has 358 valence electrons. The van der Waals surface area contributed by atoms with E-state index in [9.17, 15) is 58.1 Å². The molecule has 0 amide bonds. The molecule has 0 aliphatic carbocycles. The standard InChI is InChI=1S/C41H51NO23/c1-20(43)8-15-31(50)63-35-30(19-56-40-38(59-26(7)49)36(58-25(6)48)34(57-24(5)47)29(61-40)18-55-23(4)46)62-41(60-28-13-11-27(12-14-28)42(53)54)39(65-33(52)17-10-22(3)45)37(35)64-32(51)16-9-21(2)44/h11-14,29-30,34-41H,8-10,15-19H2,1-7H3/t29?,30?,34-,35-,36?,37?,38?,39?,40+,41+/m1/s1. The molecule has 1 aromatic rings. The second-order valence-electron chi connectivity index (χ2n) is 14.8. The molecule has 0 saturated carbocycles. The van der Waals surface area contributed by atoms with E-state index in [-0.39, 0.29) is 30.7 Å². The minimum absolute atomic E-state index is 0.136. The quantitative estimate of drug-likeness (QED) is 0.0652. The summed E-state index contributed by atoms with van der Waals surface area (Å²) in [5.74, 6) is -8.18. The summed E-state index contributed by atoms with van der Waals surface area (Å²) >= 11 is 0. The van der Waals surface area contributed by atoms with Crippen LogP contribution in [-0.4, -0.2) is 139 Å². The third kappa shape index (κ3) is 17.6. The molecule has 10 atom stereocenters. The lowest BCUT2D eigenvalue weighted by Crippen LogP contribution is -2.65. The first-order chi connectivity index (χ1) is 30.5. The van der Waals surface area contributed by atoms with Crippen molar-refractivity contribution in [2.24, 2.45) is 0 Å². The van der Waals surface area contributed by atoms with Crippen molar-refractivity contribution in [3.8, 4) is 5.75 Å². The van der Waals surface area contributed by atoms with E-state index in [0.717, 1.165) is 52.0 Å². The summed E-state index contributed by atoms with van der Waals surface area (Å²) in [6.45, 7) is 6.21. The van der Waals surface area contributed by atoms with Gasteiger partial charge in [-0.05, 0) is 32.9 Å². The number of benzene rings is 1. The van der Waals surface area contributed by atoms with Gasteiger partial charge in [0.25, 0.3) is 5.69 Å². The van der Waals surface area contributed by atoms with E-state index in [2.05, 4.69) is 0 Å². The van der Waals surface area contributed by atoms with Crippen molar-refractivity contribution in [1.29, 1.82) is 0 Å². The highest BCUT2D eigenvalue weighted by Crippen LogP contribution is 2.35. The number of carbonyl (C=O) groups is 10. The lowest BCUT2D eigenvalue weighted by atomic mass is 9.97. The molecule has 24 heteroatoms. The smallest absolute Gasteiger partial charge is 0.306 e. The van der Waals surface area contributed by atoms with Crippen molar-refractivity contribution in [3.05, 3.63) is 34.4 Å². The Kier molecular flexibility index (Phi) is 20.5. The fraction of sp³-hybridized carbons (Fsp3) is 0.610. The number of ether oxygens (including phenoxy) is 11. The van der Waals surface area contributed by atoms with Crippen molar-refractivity contribution in [1.82, 2.24) is 0 Å². The van der Waals surface area contributed by atoms with Gasteiger partial charge in [-0.1, -0.05) is 0 Å². The van der Waals surface area contributed by atoms with Gasteiger partial charge in [0, 0.05) is 59.1 Å². The molecule has 0 spiro atoms. The number of Topliss-reactive ketones (excluding diaryl/α,β-unsaturated/α-hetero) is 3. The van der Waals surface area contributed by atoms with Gasteiger partial charge >= 0.3 is 41.8 Å². The van der Waals surface area contributed by atoms with Gasteiger partial charge in [0.1, 0.15) is 41.9 Å². The molecule has 2 saturated heterocycles. The number of hydrogen-bond acceptors (Lipinski definition) is 23. The molecule has 2 heterocycles. The van der Waals surface area contributed by atoms with Crippen LogP contribution in [0.3, 0.4) is 0 Å². The molecule has 0 N–H and O–H groups in total. The van der Waals surface area contributed by atoms with Gasteiger partial charge in [0.2, 0.25) is 12.4 Å². The van der Waals surface area contributed by atoms with Crippen molar-refractivity contribution >= 4 is 64.8 Å². The number of carbonyl (C=O) groups excluding carboxylic acids is 10. The van der Waals surface area contributed by atoms with Gasteiger partial charge < -0.3 is 66.5 Å². The number of rotatable bonds is 23. The van der Waals surface area contributed by atoms with Gasteiger partial charge in [0.15, 0.2) is 36.8 Å². The Labute approximate surface area is 371 Å². The fourth-order valence-corrected chi connectivity index (χ4v) is 6.27. The molecule has 65 heavy (non-hydrogen) atoms. The third-order valence-corrected chi connectivity index (χ3v) is 9.11. The van der Waals surface area contributed by atoms with Crippen LogP contribution in [0.5, 0.6) is 5.75 Å². The van der Waals surface area contributed by atoms with Crippen molar-refractivity contribution < 1.29 is 105 Å². The molecule has 2 aliphatic rings. The normalized spacial score (nSPS) is 24.8. The highest BCUT2D eigenvalue weighted by Gasteiger charge is 2.56. The maximum absolute atomic E-state index is 13.4. The summed E-state index contributed by atoms with van der Waals surface area (Å²) in [6.07, 6.45) is -20.0. The average molecular weight is 926 g/mol. The molecule has 0 radical (unpaired) electrons. The highest BCUT2D eigenvalue weighted by molar-refractivity contribution is 5.82. The molecular weight excluding hydrogens is 874 g/mol. The second-order valence-corrected chi connectivity index (χ2v) is 14.8. The second kappa shape index (κ2) is 25.2. The lowest BCUT2D eigenvalue weighted by Gasteiger charge is -2.46. The van der Waals surface area contributed by atoms with Crippen LogP contribution in [0.2, 0.25) is 0 Å².